The summed E-state index contributed by atoms with van der Waals surface area (Å²) in [5.41, 5.74) is 1.04. The highest BCUT2D eigenvalue weighted by Crippen LogP contribution is 2.23. The maximum absolute atomic E-state index is 12.4. The lowest BCUT2D eigenvalue weighted by atomic mass is 10.1. The van der Waals surface area contributed by atoms with Crippen molar-refractivity contribution in [1.82, 2.24) is 9.80 Å². The quantitative estimate of drug-likeness (QED) is 0.910. The van der Waals surface area contributed by atoms with E-state index in [1.807, 2.05) is 11.0 Å². The maximum atomic E-state index is 12.4. The zero-order valence-corrected chi connectivity index (χ0v) is 14.6. The van der Waals surface area contributed by atoms with E-state index in [1.54, 1.807) is 18.2 Å². The molecular weight excluding hydrogens is 324 g/mol. The Labute approximate surface area is 148 Å². The number of amides is 2. The number of hydrogen-bond donors (Lipinski definition) is 1. The van der Waals surface area contributed by atoms with Crippen molar-refractivity contribution in [2.75, 3.05) is 38.0 Å². The van der Waals surface area contributed by atoms with Gasteiger partial charge in [-0.2, -0.15) is 5.26 Å². The average Bonchev–Trinajstić information content (AvgIpc) is 3.04. The zero-order valence-electron chi connectivity index (χ0n) is 13.8. The van der Waals surface area contributed by atoms with Gasteiger partial charge >= 0.3 is 6.03 Å². The van der Waals surface area contributed by atoms with Gasteiger partial charge in [0.25, 0.3) is 0 Å². The molecule has 1 N–H and O–H groups in total. The van der Waals surface area contributed by atoms with Crippen molar-refractivity contribution < 1.29 is 4.79 Å². The van der Waals surface area contributed by atoms with E-state index in [0.29, 0.717) is 22.2 Å². The van der Waals surface area contributed by atoms with E-state index < -0.39 is 0 Å². The fourth-order valence-electron chi connectivity index (χ4n) is 3.56. The van der Waals surface area contributed by atoms with Crippen LogP contribution in [0, 0.1) is 17.2 Å². The number of anilines is 1. The first-order valence-corrected chi connectivity index (χ1v) is 9.01. The standard InChI is InChI=1S/C18H23ClN4O/c19-17-10-16(5-4-15(17)11-20)21-18(24)23-9-6-14(13-23)12-22-7-2-1-3-8-22/h4-5,10,14H,1-3,6-9,12-13H2,(H,21,24)/t14-/m0/s1. The number of rotatable bonds is 3. The van der Waals surface area contributed by atoms with Gasteiger partial charge < -0.3 is 15.1 Å². The number of nitrogens with one attached hydrogen (secondary N) is 1. The van der Waals surface area contributed by atoms with E-state index in [2.05, 4.69) is 10.2 Å². The predicted octanol–water partition coefficient (Wildman–Crippen LogP) is 3.55. The molecule has 0 aliphatic carbocycles. The molecule has 128 valence electrons. The molecule has 6 heteroatoms. The Morgan fingerprint density at radius 1 is 1.29 bits per heavy atom. The lowest BCUT2D eigenvalue weighted by Gasteiger charge is -2.29. The predicted molar refractivity (Wildman–Crippen MR) is 95.2 cm³/mol. The first-order chi connectivity index (χ1) is 11.7. The molecule has 24 heavy (non-hydrogen) atoms. The summed E-state index contributed by atoms with van der Waals surface area (Å²) in [7, 11) is 0. The number of nitrogens with zero attached hydrogens (tertiary/aromatic N) is 3. The largest absolute Gasteiger partial charge is 0.324 e. The van der Waals surface area contributed by atoms with Crippen LogP contribution in [-0.4, -0.2) is 48.6 Å². The monoisotopic (exact) mass is 346 g/mol. The first kappa shape index (κ1) is 17.1. The lowest BCUT2D eigenvalue weighted by molar-refractivity contribution is 0.192. The third-order valence-electron chi connectivity index (χ3n) is 4.88. The molecule has 0 radical (unpaired) electrons. The Morgan fingerprint density at radius 2 is 2.08 bits per heavy atom. The van der Waals surface area contributed by atoms with Gasteiger partial charge in [0.05, 0.1) is 10.6 Å². The van der Waals surface area contributed by atoms with Crippen LogP contribution in [0.2, 0.25) is 5.02 Å². The van der Waals surface area contributed by atoms with Crippen LogP contribution in [0.5, 0.6) is 0 Å². The van der Waals surface area contributed by atoms with Crippen molar-refractivity contribution in [3.63, 3.8) is 0 Å². The highest BCUT2D eigenvalue weighted by molar-refractivity contribution is 6.32. The molecule has 0 bridgehead atoms. The Kier molecular flexibility index (Phi) is 5.60. The molecule has 0 unspecified atom stereocenters. The van der Waals surface area contributed by atoms with Crippen LogP contribution >= 0.6 is 11.6 Å². The first-order valence-electron chi connectivity index (χ1n) is 8.63. The zero-order chi connectivity index (χ0) is 16.9. The molecule has 2 saturated heterocycles. The van der Waals surface area contributed by atoms with Crippen LogP contribution in [-0.2, 0) is 0 Å². The third-order valence-corrected chi connectivity index (χ3v) is 5.19. The summed E-state index contributed by atoms with van der Waals surface area (Å²) in [6, 6.07) is 6.89. The molecule has 3 rings (SSSR count). The fourth-order valence-corrected chi connectivity index (χ4v) is 3.78. The van der Waals surface area contributed by atoms with Crippen molar-refractivity contribution >= 4 is 23.3 Å². The van der Waals surface area contributed by atoms with Gasteiger partial charge in [-0.05, 0) is 56.5 Å². The topological polar surface area (TPSA) is 59.4 Å². The van der Waals surface area contributed by atoms with Gasteiger partial charge in [-0.25, -0.2) is 4.79 Å². The van der Waals surface area contributed by atoms with Crippen LogP contribution < -0.4 is 5.32 Å². The van der Waals surface area contributed by atoms with Crippen LogP contribution in [0.15, 0.2) is 18.2 Å². The second-order valence-electron chi connectivity index (χ2n) is 6.70. The van der Waals surface area contributed by atoms with Crippen molar-refractivity contribution in [3.05, 3.63) is 28.8 Å². The number of halogens is 1. The lowest BCUT2D eigenvalue weighted by Crippen LogP contribution is -2.37. The normalized spacial score (nSPS) is 21.5. The molecular formula is C18H23ClN4O. The minimum Gasteiger partial charge on any atom is -0.324 e. The Morgan fingerprint density at radius 3 is 2.79 bits per heavy atom. The summed E-state index contributed by atoms with van der Waals surface area (Å²) in [6.07, 6.45) is 5.02. The Hall–Kier alpha value is -1.77. The number of nitriles is 1. The van der Waals surface area contributed by atoms with Crippen molar-refractivity contribution in [2.24, 2.45) is 5.92 Å². The maximum Gasteiger partial charge on any atom is 0.321 e. The number of hydrogen-bond acceptors (Lipinski definition) is 3. The molecule has 5 nitrogen and oxygen atoms in total. The summed E-state index contributed by atoms with van der Waals surface area (Å²) in [4.78, 5) is 16.8. The highest BCUT2D eigenvalue weighted by atomic mass is 35.5. The second-order valence-corrected chi connectivity index (χ2v) is 7.11. The molecule has 2 fully saturated rings. The SMILES string of the molecule is N#Cc1ccc(NC(=O)N2CC[C@@H](CN3CCCCC3)C2)cc1Cl. The minimum atomic E-state index is -0.0862. The van der Waals surface area contributed by atoms with E-state index in [4.69, 9.17) is 16.9 Å². The number of benzene rings is 1. The molecule has 1 aromatic rings. The van der Waals surface area contributed by atoms with Gasteiger partial charge in [0.15, 0.2) is 0 Å². The summed E-state index contributed by atoms with van der Waals surface area (Å²) in [5, 5.41) is 12.1. The average molecular weight is 347 g/mol. The van der Waals surface area contributed by atoms with Crippen molar-refractivity contribution in [3.8, 4) is 6.07 Å². The van der Waals surface area contributed by atoms with Crippen molar-refractivity contribution in [2.45, 2.75) is 25.7 Å². The minimum absolute atomic E-state index is 0.0862. The second kappa shape index (κ2) is 7.87. The molecule has 2 aliphatic rings. The van der Waals surface area contributed by atoms with Crippen LogP contribution in [0.1, 0.15) is 31.2 Å². The molecule has 0 aromatic heterocycles. The van der Waals surface area contributed by atoms with Gasteiger partial charge in [0.2, 0.25) is 0 Å². The fraction of sp³-hybridized carbons (Fsp3) is 0.556. The van der Waals surface area contributed by atoms with Crippen molar-refractivity contribution in [1.29, 1.82) is 5.26 Å². The third kappa shape index (κ3) is 4.19. The van der Waals surface area contributed by atoms with Gasteiger partial charge in [0.1, 0.15) is 6.07 Å². The van der Waals surface area contributed by atoms with Crippen LogP contribution in [0.25, 0.3) is 0 Å². The van der Waals surface area contributed by atoms with E-state index in [1.165, 1.54) is 32.4 Å². The van der Waals surface area contributed by atoms with E-state index in [-0.39, 0.29) is 6.03 Å². The summed E-state index contributed by atoms with van der Waals surface area (Å²) in [5.74, 6) is 0.568. The Balaban J connectivity index is 1.51. The Bertz CT molecular complexity index is 636. The number of likely N-dealkylation sites (tertiary alicyclic amines) is 2. The van der Waals surface area contributed by atoms with E-state index in [0.717, 1.165) is 26.1 Å². The van der Waals surface area contributed by atoms with Gasteiger partial charge in [0, 0.05) is 25.3 Å². The van der Waals surface area contributed by atoms with Gasteiger partial charge in [-0.1, -0.05) is 18.0 Å². The van der Waals surface area contributed by atoms with E-state index in [9.17, 15) is 4.79 Å². The molecule has 1 atom stereocenters. The number of carbonyl (C=O) groups excluding carboxylic acids is 1. The molecule has 2 aliphatic heterocycles. The summed E-state index contributed by atoms with van der Waals surface area (Å²) < 4.78 is 0. The summed E-state index contributed by atoms with van der Waals surface area (Å²) in [6.45, 7) is 5.12. The van der Waals surface area contributed by atoms with Crippen LogP contribution in [0.4, 0.5) is 10.5 Å². The molecule has 0 spiro atoms. The van der Waals surface area contributed by atoms with Gasteiger partial charge in [-0.15, -0.1) is 0 Å². The van der Waals surface area contributed by atoms with Gasteiger partial charge in [-0.3, -0.25) is 0 Å². The highest BCUT2D eigenvalue weighted by Gasteiger charge is 2.28. The summed E-state index contributed by atoms with van der Waals surface area (Å²) >= 11 is 6.01. The molecule has 2 amide bonds. The molecule has 1 aromatic carbocycles. The molecule has 2 heterocycles. The number of carbonyl (C=O) groups is 1. The van der Waals surface area contributed by atoms with Crippen LogP contribution in [0.3, 0.4) is 0 Å². The smallest absolute Gasteiger partial charge is 0.321 e. The van der Waals surface area contributed by atoms with E-state index >= 15 is 0 Å². The molecule has 0 saturated carbocycles. The number of piperidine rings is 1. The number of urea groups is 1.